The van der Waals surface area contributed by atoms with Crippen molar-refractivity contribution in [1.82, 2.24) is 10.2 Å². The second-order valence-electron chi connectivity index (χ2n) is 7.57. The molecule has 6 heteroatoms. The van der Waals surface area contributed by atoms with E-state index in [2.05, 4.69) is 17.6 Å². The van der Waals surface area contributed by atoms with Crippen molar-refractivity contribution in [2.75, 3.05) is 18.4 Å². The maximum absolute atomic E-state index is 12.5. The molecule has 1 saturated heterocycles. The maximum Gasteiger partial charge on any atom is 0.321 e. The molecule has 6 nitrogen and oxygen atoms in total. The summed E-state index contributed by atoms with van der Waals surface area (Å²) in [6.45, 7) is 3.86. The van der Waals surface area contributed by atoms with Crippen LogP contribution in [-0.4, -0.2) is 29.9 Å². The zero-order valence-corrected chi connectivity index (χ0v) is 15.5. The zero-order chi connectivity index (χ0) is 18.9. The second kappa shape index (κ2) is 7.10. The standard InChI is InChI=1S/C21H25N3O3/c1-2-15-5-7-16(8-6-15)23-20(26)24-10-9-21(14-24)12-18(21)19(25)22-13-17-4-3-11-27-17/h3-8,11,18H,2,9-10,12-14H2,1H3,(H,22,25)(H,23,26). The van der Waals surface area contributed by atoms with E-state index in [1.54, 1.807) is 6.26 Å². The van der Waals surface area contributed by atoms with Crippen molar-refractivity contribution >= 4 is 17.6 Å². The summed E-state index contributed by atoms with van der Waals surface area (Å²) < 4.78 is 5.24. The van der Waals surface area contributed by atoms with Crippen LogP contribution in [-0.2, 0) is 17.8 Å². The Morgan fingerprint density at radius 2 is 2.07 bits per heavy atom. The summed E-state index contributed by atoms with van der Waals surface area (Å²) in [6.07, 6.45) is 4.32. The van der Waals surface area contributed by atoms with E-state index in [4.69, 9.17) is 4.42 Å². The third kappa shape index (κ3) is 3.70. The number of hydrogen-bond acceptors (Lipinski definition) is 3. The highest BCUT2D eigenvalue weighted by Crippen LogP contribution is 2.58. The highest BCUT2D eigenvalue weighted by Gasteiger charge is 2.61. The molecule has 142 valence electrons. The minimum atomic E-state index is -0.0854. The van der Waals surface area contributed by atoms with Crippen LogP contribution in [0.15, 0.2) is 47.1 Å². The summed E-state index contributed by atoms with van der Waals surface area (Å²) in [4.78, 5) is 26.8. The lowest BCUT2D eigenvalue weighted by molar-refractivity contribution is -0.123. The number of furan rings is 1. The average Bonchev–Trinajstić information content (AvgIpc) is 3.03. The fourth-order valence-electron chi connectivity index (χ4n) is 3.98. The molecule has 0 radical (unpaired) electrons. The van der Waals surface area contributed by atoms with Gasteiger partial charge in [-0.15, -0.1) is 0 Å². The van der Waals surface area contributed by atoms with Crippen molar-refractivity contribution in [3.8, 4) is 0 Å². The third-order valence-electron chi connectivity index (χ3n) is 5.81. The van der Waals surface area contributed by atoms with Crippen molar-refractivity contribution in [2.45, 2.75) is 32.7 Å². The maximum atomic E-state index is 12.5. The summed E-state index contributed by atoms with van der Waals surface area (Å²) in [6, 6.07) is 11.5. The van der Waals surface area contributed by atoms with Gasteiger partial charge in [0.15, 0.2) is 0 Å². The van der Waals surface area contributed by atoms with Gasteiger partial charge in [0, 0.05) is 30.1 Å². The predicted molar refractivity (Wildman–Crippen MR) is 102 cm³/mol. The van der Waals surface area contributed by atoms with Crippen LogP contribution >= 0.6 is 0 Å². The Morgan fingerprint density at radius 1 is 1.26 bits per heavy atom. The molecule has 2 N–H and O–H groups in total. The van der Waals surface area contributed by atoms with Crippen LogP contribution in [0, 0.1) is 11.3 Å². The molecule has 2 heterocycles. The Labute approximate surface area is 158 Å². The number of aryl methyl sites for hydroxylation is 1. The van der Waals surface area contributed by atoms with Crippen LogP contribution in [0.5, 0.6) is 0 Å². The Hall–Kier alpha value is -2.76. The summed E-state index contributed by atoms with van der Waals surface area (Å²) in [7, 11) is 0. The van der Waals surface area contributed by atoms with Gasteiger partial charge in [-0.3, -0.25) is 4.79 Å². The first-order valence-electron chi connectivity index (χ1n) is 9.54. The van der Waals surface area contributed by atoms with Crippen LogP contribution in [0.2, 0.25) is 0 Å². The van der Waals surface area contributed by atoms with E-state index in [-0.39, 0.29) is 23.3 Å². The Kier molecular flexibility index (Phi) is 4.64. The molecular weight excluding hydrogens is 342 g/mol. The smallest absolute Gasteiger partial charge is 0.321 e. The summed E-state index contributed by atoms with van der Waals surface area (Å²) in [5.41, 5.74) is 2.01. The van der Waals surface area contributed by atoms with Crippen molar-refractivity contribution in [2.24, 2.45) is 11.3 Å². The van der Waals surface area contributed by atoms with Crippen LogP contribution in [0.3, 0.4) is 0 Å². The Bertz CT molecular complexity index is 816. The minimum absolute atomic E-state index is 0.00546. The van der Waals surface area contributed by atoms with Crippen LogP contribution < -0.4 is 10.6 Å². The molecule has 2 aromatic rings. The minimum Gasteiger partial charge on any atom is -0.467 e. The van der Waals surface area contributed by atoms with Gasteiger partial charge in [0.2, 0.25) is 5.91 Å². The average molecular weight is 367 g/mol. The number of nitrogens with zero attached hydrogens (tertiary/aromatic N) is 1. The Balaban J connectivity index is 1.28. The van der Waals surface area contributed by atoms with Crippen LogP contribution in [0.25, 0.3) is 0 Å². The number of amides is 3. The monoisotopic (exact) mass is 367 g/mol. The number of carbonyl (C=O) groups excluding carboxylic acids is 2. The van der Waals surface area contributed by atoms with Crippen LogP contribution in [0.4, 0.5) is 10.5 Å². The molecule has 2 atom stereocenters. The SMILES string of the molecule is CCc1ccc(NC(=O)N2CCC3(CC3C(=O)NCc3ccco3)C2)cc1. The van der Waals surface area contributed by atoms with Gasteiger partial charge in [0.25, 0.3) is 0 Å². The van der Waals surface area contributed by atoms with E-state index in [1.807, 2.05) is 41.3 Å². The van der Waals surface area contributed by atoms with Crippen LogP contribution in [0.1, 0.15) is 31.1 Å². The number of carbonyl (C=O) groups is 2. The second-order valence-corrected chi connectivity index (χ2v) is 7.57. The molecule has 2 fully saturated rings. The lowest BCUT2D eigenvalue weighted by Crippen LogP contribution is -2.34. The molecule has 0 bridgehead atoms. The highest BCUT2D eigenvalue weighted by atomic mass is 16.3. The normalized spacial score (nSPS) is 23.4. The number of urea groups is 1. The van der Waals surface area contributed by atoms with Gasteiger partial charge in [-0.2, -0.15) is 0 Å². The number of benzene rings is 1. The molecule has 1 aromatic carbocycles. The van der Waals surface area contributed by atoms with E-state index in [0.29, 0.717) is 19.6 Å². The molecule has 1 aromatic heterocycles. The van der Waals surface area contributed by atoms with E-state index in [0.717, 1.165) is 30.7 Å². The molecule has 4 rings (SSSR count). The van der Waals surface area contributed by atoms with Crippen molar-refractivity contribution in [3.05, 3.63) is 54.0 Å². The van der Waals surface area contributed by atoms with Gasteiger partial charge in [-0.05, 0) is 49.1 Å². The predicted octanol–water partition coefficient (Wildman–Crippen LogP) is 3.40. The number of anilines is 1. The summed E-state index contributed by atoms with van der Waals surface area (Å²) >= 11 is 0. The van der Waals surface area contributed by atoms with Gasteiger partial charge in [-0.1, -0.05) is 19.1 Å². The van der Waals surface area contributed by atoms with E-state index in [9.17, 15) is 9.59 Å². The van der Waals surface area contributed by atoms with Gasteiger partial charge in [0.1, 0.15) is 5.76 Å². The largest absolute Gasteiger partial charge is 0.467 e. The number of rotatable bonds is 5. The molecular formula is C21H25N3O3. The van der Waals surface area contributed by atoms with Crippen molar-refractivity contribution in [3.63, 3.8) is 0 Å². The van der Waals surface area contributed by atoms with Gasteiger partial charge in [0.05, 0.1) is 12.8 Å². The molecule has 27 heavy (non-hydrogen) atoms. The van der Waals surface area contributed by atoms with E-state index < -0.39 is 0 Å². The van der Waals surface area contributed by atoms with Crippen molar-refractivity contribution < 1.29 is 14.0 Å². The molecule has 1 spiro atoms. The van der Waals surface area contributed by atoms with E-state index >= 15 is 0 Å². The first-order valence-corrected chi connectivity index (χ1v) is 9.54. The first-order chi connectivity index (χ1) is 13.1. The van der Waals surface area contributed by atoms with Gasteiger partial charge < -0.3 is 20.0 Å². The summed E-state index contributed by atoms with van der Waals surface area (Å²) in [5.74, 6) is 0.803. The molecule has 1 saturated carbocycles. The highest BCUT2D eigenvalue weighted by molar-refractivity contribution is 5.90. The van der Waals surface area contributed by atoms with E-state index in [1.165, 1.54) is 5.56 Å². The topological polar surface area (TPSA) is 74.6 Å². The number of likely N-dealkylation sites (tertiary alicyclic amines) is 1. The fraction of sp³-hybridized carbons (Fsp3) is 0.429. The van der Waals surface area contributed by atoms with Gasteiger partial charge >= 0.3 is 6.03 Å². The molecule has 2 unspecified atom stereocenters. The zero-order valence-electron chi connectivity index (χ0n) is 15.5. The van der Waals surface area contributed by atoms with Crippen molar-refractivity contribution in [1.29, 1.82) is 0 Å². The lowest BCUT2D eigenvalue weighted by Gasteiger charge is -2.18. The van der Waals surface area contributed by atoms with Gasteiger partial charge in [-0.25, -0.2) is 4.79 Å². The lowest BCUT2D eigenvalue weighted by atomic mass is 10.0. The Morgan fingerprint density at radius 3 is 2.78 bits per heavy atom. The summed E-state index contributed by atoms with van der Waals surface area (Å²) in [5, 5.41) is 5.90. The fourth-order valence-corrected chi connectivity index (χ4v) is 3.98. The molecule has 1 aliphatic heterocycles. The number of nitrogens with one attached hydrogen (secondary N) is 2. The third-order valence-corrected chi connectivity index (χ3v) is 5.81. The molecule has 1 aliphatic carbocycles. The number of hydrogen-bond donors (Lipinski definition) is 2. The molecule has 3 amide bonds. The quantitative estimate of drug-likeness (QED) is 0.850. The molecule has 2 aliphatic rings. The first kappa shape index (κ1) is 17.6.